The maximum Gasteiger partial charge on any atom is 0.258 e. The molecule has 1 N–H and O–H groups in total. The third kappa shape index (κ3) is 6.22. The van der Waals surface area contributed by atoms with Crippen LogP contribution >= 0.6 is 11.6 Å². The van der Waals surface area contributed by atoms with Crippen LogP contribution in [0.5, 0.6) is 0 Å². The Morgan fingerprint density at radius 2 is 1.75 bits per heavy atom. The van der Waals surface area contributed by atoms with Gasteiger partial charge in [0.2, 0.25) is 11.8 Å². The van der Waals surface area contributed by atoms with Crippen LogP contribution in [0.4, 0.5) is 4.39 Å². The number of halogens is 2. The average molecular weight is 621 g/mol. The van der Waals surface area contributed by atoms with Gasteiger partial charge in [-0.15, -0.1) is 0 Å². The molecule has 1 unspecified atom stereocenters. The first-order valence-corrected chi connectivity index (χ1v) is 16.1. The van der Waals surface area contributed by atoms with E-state index in [9.17, 15) is 14.4 Å². The van der Waals surface area contributed by atoms with Crippen LogP contribution in [0.3, 0.4) is 0 Å². The minimum absolute atomic E-state index is 0.0454. The SMILES string of the molecule is CC1(C)CCC(CN2CCN(Cc3cc(F)c4c(c3)CN(C3CCC(=O)NC3=O)C4=O)CC2(C)C)=C(c2ccc(Cl)cc2)C1. The van der Waals surface area contributed by atoms with Crippen molar-refractivity contribution in [3.63, 3.8) is 0 Å². The summed E-state index contributed by atoms with van der Waals surface area (Å²) >= 11 is 6.21. The zero-order valence-corrected chi connectivity index (χ0v) is 26.9. The number of hydrogen-bond acceptors (Lipinski definition) is 5. The van der Waals surface area contributed by atoms with Crippen molar-refractivity contribution < 1.29 is 18.8 Å². The van der Waals surface area contributed by atoms with Crippen LogP contribution in [-0.4, -0.2) is 70.2 Å². The largest absolute Gasteiger partial charge is 0.322 e. The summed E-state index contributed by atoms with van der Waals surface area (Å²) in [5.41, 5.74) is 5.88. The molecule has 1 atom stereocenters. The molecule has 4 aliphatic rings. The van der Waals surface area contributed by atoms with Gasteiger partial charge in [-0.3, -0.25) is 29.5 Å². The van der Waals surface area contributed by atoms with Gasteiger partial charge in [0, 0.05) is 56.3 Å². The second kappa shape index (κ2) is 11.7. The number of piperazine rings is 1. The monoisotopic (exact) mass is 620 g/mol. The van der Waals surface area contributed by atoms with Crippen LogP contribution in [0.1, 0.15) is 86.8 Å². The zero-order valence-electron chi connectivity index (χ0n) is 26.1. The molecule has 44 heavy (non-hydrogen) atoms. The van der Waals surface area contributed by atoms with E-state index in [2.05, 4.69) is 54.9 Å². The summed E-state index contributed by atoms with van der Waals surface area (Å²) in [6.45, 7) is 13.6. The van der Waals surface area contributed by atoms with Crippen LogP contribution in [0, 0.1) is 11.2 Å². The lowest BCUT2D eigenvalue weighted by Gasteiger charge is -2.48. The molecule has 0 aromatic heterocycles. The second-order valence-electron chi connectivity index (χ2n) is 14.4. The van der Waals surface area contributed by atoms with Gasteiger partial charge in [-0.1, -0.05) is 49.2 Å². The molecule has 0 bridgehead atoms. The Morgan fingerprint density at radius 3 is 2.45 bits per heavy atom. The van der Waals surface area contributed by atoms with Crippen molar-refractivity contribution in [1.82, 2.24) is 20.0 Å². The number of imide groups is 1. The highest BCUT2D eigenvalue weighted by atomic mass is 35.5. The highest BCUT2D eigenvalue weighted by Crippen LogP contribution is 2.44. The Morgan fingerprint density at radius 1 is 1.00 bits per heavy atom. The minimum Gasteiger partial charge on any atom is -0.322 e. The molecule has 0 spiro atoms. The number of nitrogens with one attached hydrogen (secondary N) is 1. The zero-order chi connectivity index (χ0) is 31.4. The van der Waals surface area contributed by atoms with Crippen LogP contribution in [0.25, 0.3) is 5.57 Å². The molecule has 2 saturated heterocycles. The first kappa shape index (κ1) is 30.9. The molecule has 234 valence electrons. The second-order valence-corrected chi connectivity index (χ2v) is 14.8. The van der Waals surface area contributed by atoms with E-state index in [1.165, 1.54) is 34.1 Å². The molecule has 2 fully saturated rings. The molecule has 3 heterocycles. The molecule has 2 aromatic rings. The number of hydrogen-bond donors (Lipinski definition) is 1. The van der Waals surface area contributed by atoms with Gasteiger partial charge >= 0.3 is 0 Å². The van der Waals surface area contributed by atoms with E-state index in [0.29, 0.717) is 12.1 Å². The molecule has 9 heteroatoms. The number of carbonyl (C=O) groups excluding carboxylic acids is 3. The number of piperidine rings is 1. The standard InChI is InChI=1S/C35H42ClFN4O3/c1-34(2)12-11-24(27(17-34)23-5-7-26(36)8-6-23)19-40-14-13-39(21-35(40,3)4)18-22-15-25-20-41(33(44)31(25)28(37)16-22)29-9-10-30(42)38-32(29)43/h5-8,15-16,29H,9-14,17-21H2,1-4H3,(H,38,42,43). The first-order valence-electron chi connectivity index (χ1n) is 15.7. The summed E-state index contributed by atoms with van der Waals surface area (Å²) in [6.07, 6.45) is 3.74. The fraction of sp³-hybridized carbons (Fsp3) is 0.514. The maximum absolute atomic E-state index is 15.3. The lowest BCUT2D eigenvalue weighted by molar-refractivity contribution is -0.136. The molecule has 3 aliphatic heterocycles. The van der Waals surface area contributed by atoms with Gasteiger partial charge in [0.25, 0.3) is 5.91 Å². The van der Waals surface area contributed by atoms with Crippen molar-refractivity contribution >= 4 is 34.9 Å². The fourth-order valence-electron chi connectivity index (χ4n) is 7.48. The number of amides is 3. The van der Waals surface area contributed by atoms with Crippen molar-refractivity contribution in [2.45, 2.75) is 84.5 Å². The lowest BCUT2D eigenvalue weighted by atomic mass is 9.72. The van der Waals surface area contributed by atoms with Gasteiger partial charge < -0.3 is 4.90 Å². The topological polar surface area (TPSA) is 73.0 Å². The van der Waals surface area contributed by atoms with Gasteiger partial charge in [0.05, 0.1) is 5.56 Å². The van der Waals surface area contributed by atoms with Crippen LogP contribution in [0.15, 0.2) is 42.0 Å². The third-order valence-corrected chi connectivity index (χ3v) is 10.2. The molecular formula is C35H42ClFN4O3. The molecular weight excluding hydrogens is 579 g/mol. The van der Waals surface area contributed by atoms with Crippen molar-refractivity contribution in [1.29, 1.82) is 0 Å². The highest BCUT2D eigenvalue weighted by Gasteiger charge is 2.41. The van der Waals surface area contributed by atoms with E-state index in [1.807, 2.05) is 18.2 Å². The predicted molar refractivity (Wildman–Crippen MR) is 169 cm³/mol. The number of carbonyl (C=O) groups is 3. The number of allylic oxidation sites excluding steroid dienone is 1. The summed E-state index contributed by atoms with van der Waals surface area (Å²) in [6, 6.07) is 10.9. The first-order chi connectivity index (χ1) is 20.8. The number of nitrogens with zero attached hydrogens (tertiary/aromatic N) is 3. The van der Waals surface area contributed by atoms with Crippen molar-refractivity contribution in [3.05, 3.63) is 75.1 Å². The summed E-state index contributed by atoms with van der Waals surface area (Å²) in [5.74, 6) is -1.85. The Hall–Kier alpha value is -3.07. The normalized spacial score (nSPS) is 24.1. The lowest BCUT2D eigenvalue weighted by Crippen LogP contribution is -2.59. The smallest absolute Gasteiger partial charge is 0.258 e. The number of rotatable bonds is 6. The van der Waals surface area contributed by atoms with Crippen LogP contribution < -0.4 is 5.32 Å². The van der Waals surface area contributed by atoms with Crippen molar-refractivity contribution in [2.75, 3.05) is 26.2 Å². The molecule has 0 radical (unpaired) electrons. The van der Waals surface area contributed by atoms with E-state index >= 15 is 4.39 Å². The molecule has 1 aliphatic carbocycles. The van der Waals surface area contributed by atoms with Gasteiger partial charge in [0.1, 0.15) is 11.9 Å². The van der Waals surface area contributed by atoms with Gasteiger partial charge in [-0.25, -0.2) is 4.39 Å². The van der Waals surface area contributed by atoms with Crippen LogP contribution in [-0.2, 0) is 22.7 Å². The molecule has 2 aromatic carbocycles. The van der Waals surface area contributed by atoms with E-state index in [0.717, 1.165) is 49.6 Å². The van der Waals surface area contributed by atoms with Gasteiger partial charge in [0.15, 0.2) is 0 Å². The Balaban J connectivity index is 1.14. The van der Waals surface area contributed by atoms with E-state index in [1.54, 1.807) is 0 Å². The molecule has 6 rings (SSSR count). The molecule has 3 amide bonds. The van der Waals surface area contributed by atoms with Gasteiger partial charge in [-0.2, -0.15) is 0 Å². The van der Waals surface area contributed by atoms with Crippen molar-refractivity contribution in [3.8, 4) is 0 Å². The highest BCUT2D eigenvalue weighted by molar-refractivity contribution is 6.30. The minimum atomic E-state index is -0.755. The summed E-state index contributed by atoms with van der Waals surface area (Å²) in [5, 5.41) is 3.06. The Bertz CT molecular complexity index is 1530. The average Bonchev–Trinajstić information content (AvgIpc) is 3.27. The predicted octanol–water partition coefficient (Wildman–Crippen LogP) is 5.80. The Labute approximate surface area is 264 Å². The van der Waals surface area contributed by atoms with Crippen molar-refractivity contribution in [2.24, 2.45) is 5.41 Å². The fourth-order valence-corrected chi connectivity index (χ4v) is 7.61. The summed E-state index contributed by atoms with van der Waals surface area (Å²) < 4.78 is 15.3. The number of fused-ring (bicyclic) bond motifs is 1. The van der Waals surface area contributed by atoms with E-state index in [4.69, 9.17) is 11.6 Å². The summed E-state index contributed by atoms with van der Waals surface area (Å²) in [4.78, 5) is 43.4. The summed E-state index contributed by atoms with van der Waals surface area (Å²) in [7, 11) is 0. The molecule has 0 saturated carbocycles. The quantitative estimate of drug-likeness (QED) is 0.413. The van der Waals surface area contributed by atoms with E-state index < -0.39 is 23.7 Å². The van der Waals surface area contributed by atoms with E-state index in [-0.39, 0.29) is 41.8 Å². The Kier molecular flexibility index (Phi) is 8.22. The van der Waals surface area contributed by atoms with Crippen LogP contribution in [0.2, 0.25) is 5.02 Å². The number of benzene rings is 2. The third-order valence-electron chi connectivity index (χ3n) is 9.95. The van der Waals surface area contributed by atoms with Gasteiger partial charge in [-0.05, 0) is 85.4 Å². The molecule has 7 nitrogen and oxygen atoms in total. The maximum atomic E-state index is 15.3.